The van der Waals surface area contributed by atoms with Crippen LogP contribution in [0.4, 0.5) is 0 Å². The van der Waals surface area contributed by atoms with Gasteiger partial charge in [0, 0.05) is 17.5 Å². The first-order valence-electron chi connectivity index (χ1n) is 9.85. The second-order valence-electron chi connectivity index (χ2n) is 7.63. The van der Waals surface area contributed by atoms with Gasteiger partial charge >= 0.3 is 0 Å². The lowest BCUT2D eigenvalue weighted by molar-refractivity contribution is -0.131. The van der Waals surface area contributed by atoms with E-state index >= 15 is 0 Å². The number of hydrogen-bond donors (Lipinski definition) is 1. The number of carbonyl (C=O) groups is 1. The van der Waals surface area contributed by atoms with Crippen LogP contribution in [0.25, 0.3) is 10.2 Å². The Balaban J connectivity index is 1.76. The lowest BCUT2D eigenvalue weighted by Crippen LogP contribution is -2.43. The van der Waals surface area contributed by atoms with Gasteiger partial charge in [0.2, 0.25) is 5.91 Å². The van der Waals surface area contributed by atoms with E-state index in [2.05, 4.69) is 37.7 Å². The highest BCUT2D eigenvalue weighted by Crippen LogP contribution is 2.30. The summed E-state index contributed by atoms with van der Waals surface area (Å²) in [6, 6.07) is 0.310. The number of piperidine rings is 1. The summed E-state index contributed by atoms with van der Waals surface area (Å²) in [4.78, 5) is 36.7. The second-order valence-corrected chi connectivity index (χ2v) is 9.79. The van der Waals surface area contributed by atoms with Crippen LogP contribution in [0.15, 0.2) is 9.95 Å². The normalized spacial score (nSPS) is 18.8. The number of aryl methyl sites for hydroxylation is 1. The predicted octanol–water partition coefficient (Wildman–Crippen LogP) is 4.37. The van der Waals surface area contributed by atoms with Gasteiger partial charge in [-0.3, -0.25) is 9.59 Å². The van der Waals surface area contributed by atoms with Gasteiger partial charge in [-0.05, 0) is 51.0 Å². The van der Waals surface area contributed by atoms with E-state index in [1.165, 1.54) is 23.1 Å². The topological polar surface area (TPSA) is 66.1 Å². The van der Waals surface area contributed by atoms with Crippen LogP contribution in [0.3, 0.4) is 0 Å². The van der Waals surface area contributed by atoms with Gasteiger partial charge in [0.05, 0.1) is 11.1 Å². The standard InChI is InChI=1S/C20H29N3O2S2/c1-5-12(2)10-15-14(4)27-19-17(15)18(25)21-20(22-19)26-11-16(24)23-9-7-6-8-13(23)3/h12-13H,5-11H2,1-4H3,(H,21,22,25)/t12-,13+/m0/s1. The fourth-order valence-electron chi connectivity index (χ4n) is 3.64. The molecule has 1 aliphatic heterocycles. The highest BCUT2D eigenvalue weighted by atomic mass is 32.2. The number of H-pyrrole nitrogens is 1. The van der Waals surface area contributed by atoms with Gasteiger partial charge in [-0.1, -0.05) is 32.0 Å². The zero-order valence-electron chi connectivity index (χ0n) is 16.6. The lowest BCUT2D eigenvalue weighted by atomic mass is 9.98. The third kappa shape index (κ3) is 4.57. The van der Waals surface area contributed by atoms with Crippen LogP contribution >= 0.6 is 23.1 Å². The number of thiophene rings is 1. The number of rotatable bonds is 6. The average molecular weight is 408 g/mol. The molecule has 1 fully saturated rings. The van der Waals surface area contributed by atoms with E-state index in [9.17, 15) is 9.59 Å². The smallest absolute Gasteiger partial charge is 0.260 e. The molecule has 0 aromatic carbocycles. The second kappa shape index (κ2) is 8.78. The van der Waals surface area contributed by atoms with E-state index in [4.69, 9.17) is 0 Å². The fraction of sp³-hybridized carbons (Fsp3) is 0.650. The van der Waals surface area contributed by atoms with Crippen molar-refractivity contribution in [3.8, 4) is 0 Å². The van der Waals surface area contributed by atoms with Crippen molar-refractivity contribution in [3.05, 3.63) is 20.8 Å². The number of carbonyl (C=O) groups excluding carboxylic acids is 1. The van der Waals surface area contributed by atoms with Crippen LogP contribution in [0.5, 0.6) is 0 Å². The minimum Gasteiger partial charge on any atom is -0.339 e. The largest absolute Gasteiger partial charge is 0.339 e. The molecular weight excluding hydrogens is 378 g/mol. The molecule has 2 atom stereocenters. The SMILES string of the molecule is CC[C@H](C)Cc1c(C)sc2nc(SCC(=O)N3CCCC[C@H]3C)[nH]c(=O)c12. The van der Waals surface area contributed by atoms with Gasteiger partial charge < -0.3 is 9.88 Å². The Morgan fingerprint density at radius 1 is 1.44 bits per heavy atom. The summed E-state index contributed by atoms with van der Waals surface area (Å²) in [5, 5.41) is 1.28. The molecule has 3 rings (SSSR count). The van der Waals surface area contributed by atoms with Gasteiger partial charge in [-0.15, -0.1) is 11.3 Å². The molecule has 27 heavy (non-hydrogen) atoms. The number of thioether (sulfide) groups is 1. The Hall–Kier alpha value is -1.34. The number of amides is 1. The van der Waals surface area contributed by atoms with Crippen molar-refractivity contribution in [3.63, 3.8) is 0 Å². The van der Waals surface area contributed by atoms with Crippen LogP contribution in [0.2, 0.25) is 0 Å². The third-order valence-corrected chi connectivity index (χ3v) is 7.45. The quantitative estimate of drug-likeness (QED) is 0.570. The Labute approximate surface area is 169 Å². The number of hydrogen-bond acceptors (Lipinski definition) is 5. The van der Waals surface area contributed by atoms with Crippen molar-refractivity contribution in [2.24, 2.45) is 5.92 Å². The molecule has 2 aromatic rings. The summed E-state index contributed by atoms with van der Waals surface area (Å²) in [6.07, 6.45) is 5.35. The summed E-state index contributed by atoms with van der Waals surface area (Å²) in [5.74, 6) is 0.997. The average Bonchev–Trinajstić information content (AvgIpc) is 2.95. The van der Waals surface area contributed by atoms with Crippen molar-refractivity contribution < 1.29 is 4.79 Å². The summed E-state index contributed by atoms with van der Waals surface area (Å²) < 4.78 is 0. The number of fused-ring (bicyclic) bond motifs is 1. The summed E-state index contributed by atoms with van der Waals surface area (Å²) in [5.41, 5.74) is 1.05. The summed E-state index contributed by atoms with van der Waals surface area (Å²) in [6.45, 7) is 9.40. The number of nitrogens with one attached hydrogen (secondary N) is 1. The van der Waals surface area contributed by atoms with Crippen molar-refractivity contribution >= 4 is 39.2 Å². The molecule has 0 aliphatic carbocycles. The Morgan fingerprint density at radius 3 is 2.93 bits per heavy atom. The number of nitrogens with zero attached hydrogens (tertiary/aromatic N) is 2. The van der Waals surface area contributed by atoms with Crippen molar-refractivity contribution in [1.82, 2.24) is 14.9 Å². The molecule has 1 aliphatic rings. The van der Waals surface area contributed by atoms with Crippen molar-refractivity contribution in [2.75, 3.05) is 12.3 Å². The molecule has 0 radical (unpaired) electrons. The lowest BCUT2D eigenvalue weighted by Gasteiger charge is -2.33. The molecule has 0 unspecified atom stereocenters. The number of likely N-dealkylation sites (tertiary alicyclic amines) is 1. The molecule has 148 valence electrons. The number of aromatic amines is 1. The summed E-state index contributed by atoms with van der Waals surface area (Å²) in [7, 11) is 0. The monoisotopic (exact) mass is 407 g/mol. The van der Waals surface area contributed by atoms with Crippen LogP contribution in [0, 0.1) is 12.8 Å². The van der Waals surface area contributed by atoms with Crippen molar-refractivity contribution in [2.45, 2.75) is 71.0 Å². The van der Waals surface area contributed by atoms with Gasteiger partial charge in [0.25, 0.3) is 5.56 Å². The fourth-order valence-corrected chi connectivity index (χ4v) is 5.50. The Kier molecular flexibility index (Phi) is 6.63. The zero-order chi connectivity index (χ0) is 19.6. The molecule has 0 saturated carbocycles. The molecule has 1 N–H and O–H groups in total. The van der Waals surface area contributed by atoms with E-state index in [1.54, 1.807) is 11.3 Å². The zero-order valence-corrected chi connectivity index (χ0v) is 18.3. The first kappa shape index (κ1) is 20.4. The Bertz CT molecular complexity index is 874. The molecule has 0 spiro atoms. The van der Waals surface area contributed by atoms with Gasteiger partial charge in [-0.2, -0.15) is 0 Å². The van der Waals surface area contributed by atoms with E-state index in [-0.39, 0.29) is 11.5 Å². The first-order chi connectivity index (χ1) is 12.9. The highest BCUT2D eigenvalue weighted by molar-refractivity contribution is 7.99. The number of aromatic nitrogens is 2. The molecule has 5 nitrogen and oxygen atoms in total. The third-order valence-electron chi connectivity index (χ3n) is 5.55. The van der Waals surface area contributed by atoms with Gasteiger partial charge in [0.1, 0.15) is 4.83 Å². The van der Waals surface area contributed by atoms with Crippen LogP contribution in [-0.4, -0.2) is 39.1 Å². The van der Waals surface area contributed by atoms with Crippen LogP contribution in [-0.2, 0) is 11.2 Å². The molecule has 3 heterocycles. The minimum absolute atomic E-state index is 0.0797. The maximum Gasteiger partial charge on any atom is 0.260 e. The minimum atomic E-state index is -0.0797. The highest BCUT2D eigenvalue weighted by Gasteiger charge is 2.23. The van der Waals surface area contributed by atoms with Crippen molar-refractivity contribution in [1.29, 1.82) is 0 Å². The molecule has 1 amide bonds. The first-order valence-corrected chi connectivity index (χ1v) is 11.7. The molecule has 1 saturated heterocycles. The van der Waals surface area contributed by atoms with Crippen LogP contribution in [0.1, 0.15) is 56.9 Å². The van der Waals surface area contributed by atoms with E-state index in [0.29, 0.717) is 22.9 Å². The molecule has 7 heteroatoms. The van der Waals surface area contributed by atoms with Gasteiger partial charge in [0.15, 0.2) is 5.16 Å². The molecule has 0 bridgehead atoms. The van der Waals surface area contributed by atoms with E-state index < -0.39 is 0 Å². The maximum absolute atomic E-state index is 12.7. The Morgan fingerprint density at radius 2 is 2.22 bits per heavy atom. The predicted molar refractivity (Wildman–Crippen MR) is 114 cm³/mol. The summed E-state index contributed by atoms with van der Waals surface area (Å²) >= 11 is 2.92. The maximum atomic E-state index is 12.7. The van der Waals surface area contributed by atoms with E-state index in [1.807, 2.05) is 4.90 Å². The molecular formula is C20H29N3O2S2. The van der Waals surface area contributed by atoms with Crippen LogP contribution < -0.4 is 5.56 Å². The van der Waals surface area contributed by atoms with Gasteiger partial charge in [-0.25, -0.2) is 4.98 Å². The molecule has 2 aromatic heterocycles. The van der Waals surface area contributed by atoms with E-state index in [0.717, 1.165) is 48.0 Å².